The van der Waals surface area contributed by atoms with Crippen LogP contribution in [0.3, 0.4) is 0 Å². The smallest absolute Gasteiger partial charge is 0.166 e. The molecule has 0 aromatic heterocycles. The first kappa shape index (κ1) is 23.4. The van der Waals surface area contributed by atoms with Crippen LogP contribution in [0.25, 0.3) is 0 Å². The zero-order valence-electron chi connectivity index (χ0n) is 20.4. The van der Waals surface area contributed by atoms with Gasteiger partial charge in [-0.25, -0.2) is 0 Å². The molecular weight excluding hydrogens is 442 g/mol. The van der Waals surface area contributed by atoms with Gasteiger partial charge in [-0.2, -0.15) is 0 Å². The SMILES string of the molecule is COc1ccc([C@@]23CC[C@@H](NC(=S)NCC4CC4)C[C@@H]2N(Cc2ccccc2)CC3)cc1OC. The highest BCUT2D eigenvalue weighted by Crippen LogP contribution is 2.50. The Bertz CT molecular complexity index is 996. The number of likely N-dealkylation sites (tertiary alicyclic amines) is 1. The lowest BCUT2D eigenvalue weighted by molar-refractivity contribution is 0.134. The highest BCUT2D eigenvalue weighted by atomic mass is 32.1. The lowest BCUT2D eigenvalue weighted by Gasteiger charge is -2.46. The summed E-state index contributed by atoms with van der Waals surface area (Å²) < 4.78 is 11.2. The molecule has 34 heavy (non-hydrogen) atoms. The minimum atomic E-state index is 0.121. The quantitative estimate of drug-likeness (QED) is 0.538. The van der Waals surface area contributed by atoms with Crippen LogP contribution in [-0.2, 0) is 12.0 Å². The van der Waals surface area contributed by atoms with Gasteiger partial charge in [-0.05, 0) is 86.5 Å². The van der Waals surface area contributed by atoms with Crippen molar-refractivity contribution >= 4 is 17.3 Å². The number of ether oxygens (including phenoxy) is 2. The van der Waals surface area contributed by atoms with Crippen molar-refractivity contribution in [3.05, 3.63) is 59.7 Å². The summed E-state index contributed by atoms with van der Waals surface area (Å²) in [6.45, 7) is 3.10. The number of nitrogens with one attached hydrogen (secondary N) is 2. The summed E-state index contributed by atoms with van der Waals surface area (Å²) in [6, 6.07) is 18.3. The Hall–Kier alpha value is -2.31. The van der Waals surface area contributed by atoms with Crippen molar-refractivity contribution in [2.45, 2.75) is 62.6 Å². The summed E-state index contributed by atoms with van der Waals surface area (Å²) in [5.74, 6) is 2.43. The number of fused-ring (bicyclic) bond motifs is 1. The molecule has 5 nitrogen and oxygen atoms in total. The van der Waals surface area contributed by atoms with E-state index in [1.165, 1.54) is 24.0 Å². The monoisotopic (exact) mass is 479 g/mol. The van der Waals surface area contributed by atoms with Gasteiger partial charge in [0.05, 0.1) is 14.2 Å². The molecule has 1 heterocycles. The molecule has 182 valence electrons. The van der Waals surface area contributed by atoms with Crippen LogP contribution in [0, 0.1) is 5.92 Å². The topological polar surface area (TPSA) is 45.8 Å². The largest absolute Gasteiger partial charge is 0.493 e. The van der Waals surface area contributed by atoms with Crippen LogP contribution in [0.2, 0.25) is 0 Å². The van der Waals surface area contributed by atoms with Gasteiger partial charge in [0, 0.05) is 30.6 Å². The number of hydrogen-bond donors (Lipinski definition) is 2. The Kier molecular flexibility index (Phi) is 6.98. The summed E-state index contributed by atoms with van der Waals surface area (Å²) in [5.41, 5.74) is 2.87. The van der Waals surface area contributed by atoms with Crippen molar-refractivity contribution in [2.24, 2.45) is 5.92 Å². The van der Waals surface area contributed by atoms with E-state index in [-0.39, 0.29) is 5.41 Å². The lowest BCUT2D eigenvalue weighted by atomic mass is 9.65. The maximum absolute atomic E-state index is 5.68. The summed E-state index contributed by atoms with van der Waals surface area (Å²) in [4.78, 5) is 2.69. The molecule has 2 aromatic rings. The molecule has 3 atom stereocenters. The molecule has 0 amide bonds. The van der Waals surface area contributed by atoms with Crippen molar-refractivity contribution in [1.29, 1.82) is 0 Å². The second-order valence-corrected chi connectivity index (χ2v) is 10.6. The molecule has 5 rings (SSSR count). The molecule has 0 spiro atoms. The first-order valence-corrected chi connectivity index (χ1v) is 13.1. The molecule has 3 aliphatic rings. The average molecular weight is 480 g/mol. The maximum Gasteiger partial charge on any atom is 0.166 e. The molecule has 1 saturated heterocycles. The lowest BCUT2D eigenvalue weighted by Crippen LogP contribution is -2.53. The highest BCUT2D eigenvalue weighted by Gasteiger charge is 2.51. The van der Waals surface area contributed by atoms with Crippen LogP contribution in [0.15, 0.2) is 48.5 Å². The second-order valence-electron chi connectivity index (χ2n) is 10.2. The van der Waals surface area contributed by atoms with Crippen molar-refractivity contribution in [3.8, 4) is 11.5 Å². The zero-order valence-corrected chi connectivity index (χ0v) is 21.2. The van der Waals surface area contributed by atoms with Crippen LogP contribution in [0.1, 0.15) is 49.7 Å². The van der Waals surface area contributed by atoms with Crippen LogP contribution in [0.5, 0.6) is 11.5 Å². The van der Waals surface area contributed by atoms with E-state index < -0.39 is 0 Å². The Morgan fingerprint density at radius 2 is 1.82 bits per heavy atom. The van der Waals surface area contributed by atoms with E-state index in [0.717, 1.165) is 67.8 Å². The predicted molar refractivity (Wildman–Crippen MR) is 141 cm³/mol. The fraction of sp³-hybridized carbons (Fsp3) is 0.536. The van der Waals surface area contributed by atoms with Crippen LogP contribution < -0.4 is 20.1 Å². The number of benzene rings is 2. The Morgan fingerprint density at radius 1 is 1.03 bits per heavy atom. The van der Waals surface area contributed by atoms with E-state index >= 15 is 0 Å². The van der Waals surface area contributed by atoms with Gasteiger partial charge in [0.2, 0.25) is 0 Å². The van der Waals surface area contributed by atoms with E-state index in [1.807, 2.05) is 0 Å². The van der Waals surface area contributed by atoms with Crippen molar-refractivity contribution in [2.75, 3.05) is 27.3 Å². The molecule has 2 N–H and O–H groups in total. The third-order valence-corrected chi connectivity index (χ3v) is 8.40. The number of hydrogen-bond acceptors (Lipinski definition) is 4. The van der Waals surface area contributed by atoms with E-state index in [4.69, 9.17) is 21.7 Å². The normalized spacial score (nSPS) is 26.5. The molecule has 1 aliphatic heterocycles. The number of nitrogens with zero attached hydrogens (tertiary/aromatic N) is 1. The molecular formula is C28H37N3O2S. The maximum atomic E-state index is 5.68. The van der Waals surface area contributed by atoms with E-state index in [0.29, 0.717) is 12.1 Å². The summed E-state index contributed by atoms with van der Waals surface area (Å²) in [5, 5.41) is 7.93. The molecule has 0 unspecified atom stereocenters. The van der Waals surface area contributed by atoms with E-state index in [1.54, 1.807) is 14.2 Å². The second kappa shape index (κ2) is 10.1. The molecule has 0 radical (unpaired) electrons. The van der Waals surface area contributed by atoms with Gasteiger partial charge in [0.15, 0.2) is 16.6 Å². The van der Waals surface area contributed by atoms with Crippen molar-refractivity contribution in [3.63, 3.8) is 0 Å². The molecule has 2 saturated carbocycles. The van der Waals surface area contributed by atoms with Gasteiger partial charge >= 0.3 is 0 Å². The minimum Gasteiger partial charge on any atom is -0.493 e. The number of rotatable bonds is 8. The molecule has 3 fully saturated rings. The van der Waals surface area contributed by atoms with Gasteiger partial charge in [0.1, 0.15) is 0 Å². The zero-order chi connectivity index (χ0) is 23.5. The van der Waals surface area contributed by atoms with Crippen LogP contribution in [0.4, 0.5) is 0 Å². The third kappa shape index (κ3) is 4.89. The van der Waals surface area contributed by atoms with Gasteiger partial charge in [0.25, 0.3) is 0 Å². The molecule has 6 heteroatoms. The summed E-state index contributed by atoms with van der Waals surface area (Å²) >= 11 is 5.65. The van der Waals surface area contributed by atoms with Crippen molar-refractivity contribution < 1.29 is 9.47 Å². The van der Waals surface area contributed by atoms with Crippen LogP contribution in [-0.4, -0.2) is 49.4 Å². The molecule has 0 bridgehead atoms. The number of thiocarbonyl (C=S) groups is 1. The Morgan fingerprint density at radius 3 is 2.56 bits per heavy atom. The van der Waals surface area contributed by atoms with Crippen molar-refractivity contribution in [1.82, 2.24) is 15.5 Å². The van der Waals surface area contributed by atoms with E-state index in [2.05, 4.69) is 64.1 Å². The molecule has 2 aromatic carbocycles. The molecule has 2 aliphatic carbocycles. The van der Waals surface area contributed by atoms with Gasteiger partial charge in [-0.3, -0.25) is 4.90 Å². The Labute approximate surface area is 209 Å². The highest BCUT2D eigenvalue weighted by molar-refractivity contribution is 7.80. The fourth-order valence-electron chi connectivity index (χ4n) is 6.06. The predicted octanol–water partition coefficient (Wildman–Crippen LogP) is 4.64. The standard InChI is InChI=1S/C28H37N3O2S/c1-32-24-11-10-22(16-25(24)33-2)28-13-12-23(30-27(34)29-18-20-8-9-20)17-26(28)31(15-14-28)19-21-6-4-3-5-7-21/h3-7,10-11,16,20,23,26H,8-9,12-15,17-19H2,1-2H3,(H2,29,30,34)/t23-,26+,28+/m1/s1. The number of methoxy groups -OCH3 is 2. The minimum absolute atomic E-state index is 0.121. The average Bonchev–Trinajstić information content (AvgIpc) is 3.64. The summed E-state index contributed by atoms with van der Waals surface area (Å²) in [7, 11) is 3.43. The first-order chi connectivity index (χ1) is 16.6. The third-order valence-electron chi connectivity index (χ3n) is 8.14. The van der Waals surface area contributed by atoms with Gasteiger partial charge < -0.3 is 20.1 Å². The van der Waals surface area contributed by atoms with Gasteiger partial charge in [-0.15, -0.1) is 0 Å². The van der Waals surface area contributed by atoms with Crippen LogP contribution >= 0.6 is 12.2 Å². The Balaban J connectivity index is 1.38. The summed E-state index contributed by atoms with van der Waals surface area (Å²) in [6.07, 6.45) is 7.19. The van der Waals surface area contributed by atoms with E-state index in [9.17, 15) is 0 Å². The fourth-order valence-corrected chi connectivity index (χ4v) is 6.31. The first-order valence-electron chi connectivity index (χ1n) is 12.7. The van der Waals surface area contributed by atoms with Gasteiger partial charge in [-0.1, -0.05) is 36.4 Å².